The summed E-state index contributed by atoms with van der Waals surface area (Å²) in [5.41, 5.74) is 13.3. The monoisotopic (exact) mass is 757 g/mol. The highest BCUT2D eigenvalue weighted by Crippen LogP contribution is 2.50. The van der Waals surface area contributed by atoms with Crippen LogP contribution in [0.25, 0.3) is 106 Å². The maximum Gasteiger partial charge on any atom is 0.227 e. The zero-order valence-electron chi connectivity index (χ0n) is 32.4. The van der Waals surface area contributed by atoms with Gasteiger partial charge in [-0.25, -0.2) is 19.9 Å². The Labute approximate surface area is 340 Å². The van der Waals surface area contributed by atoms with Crippen LogP contribution in [-0.2, 0) is 5.41 Å². The highest BCUT2D eigenvalue weighted by molar-refractivity contribution is 6.29. The van der Waals surface area contributed by atoms with Crippen LogP contribution in [-0.4, -0.2) is 24.5 Å². The van der Waals surface area contributed by atoms with Crippen LogP contribution >= 0.6 is 0 Å². The van der Waals surface area contributed by atoms with Crippen LogP contribution in [0.2, 0.25) is 0 Å². The van der Waals surface area contributed by atoms with Gasteiger partial charge in [-0.2, -0.15) is 0 Å². The first-order valence-electron chi connectivity index (χ1n) is 20.0. The van der Waals surface area contributed by atoms with Crippen LogP contribution in [0.3, 0.4) is 0 Å². The smallest absolute Gasteiger partial charge is 0.227 e. The van der Waals surface area contributed by atoms with Crippen LogP contribution in [0.1, 0.15) is 25.0 Å². The van der Waals surface area contributed by atoms with E-state index in [1.165, 1.54) is 22.3 Å². The SMILES string of the molecule is CC1(C)c2ccccc2-c2ccc(-c3nc(-c4ccccc4)nc(-c4cc5c(c6ccccc6n5-c5ccccc5)c5c4ccc4nc(-c6ccccc6)oc45)n3)cc21. The van der Waals surface area contributed by atoms with Crippen LogP contribution in [0.5, 0.6) is 0 Å². The summed E-state index contributed by atoms with van der Waals surface area (Å²) in [6.07, 6.45) is 0. The first-order chi connectivity index (χ1) is 29.0. The number of fused-ring (bicyclic) bond motifs is 10. The molecule has 8 aromatic carbocycles. The molecule has 0 fully saturated rings. The Morgan fingerprint density at radius 2 is 1.08 bits per heavy atom. The van der Waals surface area contributed by atoms with Crippen molar-refractivity contribution in [1.82, 2.24) is 24.5 Å². The Hall–Kier alpha value is -7.70. The van der Waals surface area contributed by atoms with Gasteiger partial charge in [-0.15, -0.1) is 0 Å². The molecule has 6 nitrogen and oxygen atoms in total. The Bertz CT molecular complexity index is 3460. The molecule has 3 aromatic heterocycles. The number of aromatic nitrogens is 5. The van der Waals surface area contributed by atoms with Crippen LogP contribution in [0.4, 0.5) is 0 Å². The van der Waals surface area contributed by atoms with E-state index >= 15 is 0 Å². The van der Waals surface area contributed by atoms with Crippen molar-refractivity contribution in [2.75, 3.05) is 0 Å². The van der Waals surface area contributed by atoms with E-state index in [9.17, 15) is 0 Å². The third kappa shape index (κ3) is 5.06. The van der Waals surface area contributed by atoms with Gasteiger partial charge in [-0.3, -0.25) is 0 Å². The molecular formula is C53H35N5O. The van der Waals surface area contributed by atoms with Crippen molar-refractivity contribution in [3.05, 3.63) is 187 Å². The standard InChI is InChI=1S/C53H35N5O/c1-53(2)41-24-14-12-22-36(41)37-27-26-34(30-42(37)53)50-55-49(32-16-6-3-7-17-32)56-51(57-50)40-31-45-46(39-23-13-15-25-44(39)58(45)35-20-10-5-11-21-35)47-38(40)28-29-43-48(47)59-52(54-43)33-18-8-4-9-19-33/h3-31H,1-2H3. The Kier molecular flexibility index (Phi) is 7.17. The first kappa shape index (κ1) is 33.4. The van der Waals surface area contributed by atoms with Gasteiger partial charge in [0.05, 0.1) is 11.0 Å². The van der Waals surface area contributed by atoms with Gasteiger partial charge in [0, 0.05) is 49.5 Å². The topological polar surface area (TPSA) is 69.6 Å². The molecular weight excluding hydrogens is 723 g/mol. The van der Waals surface area contributed by atoms with Crippen LogP contribution in [0, 0.1) is 0 Å². The predicted octanol–water partition coefficient (Wildman–Crippen LogP) is 13.2. The molecule has 1 aliphatic carbocycles. The molecule has 0 saturated heterocycles. The number of para-hydroxylation sites is 2. The van der Waals surface area contributed by atoms with Crippen molar-refractivity contribution in [3.8, 4) is 62.4 Å². The Morgan fingerprint density at radius 3 is 1.88 bits per heavy atom. The normalized spacial score (nSPS) is 13.1. The van der Waals surface area contributed by atoms with E-state index < -0.39 is 0 Å². The Morgan fingerprint density at radius 1 is 0.441 bits per heavy atom. The molecule has 11 aromatic rings. The summed E-state index contributed by atoms with van der Waals surface area (Å²) in [5, 5.41) is 4.15. The molecule has 0 amide bonds. The van der Waals surface area contributed by atoms with Crippen molar-refractivity contribution in [2.24, 2.45) is 0 Å². The maximum atomic E-state index is 6.83. The van der Waals surface area contributed by atoms with Gasteiger partial charge >= 0.3 is 0 Å². The van der Waals surface area contributed by atoms with Gasteiger partial charge in [0.2, 0.25) is 5.89 Å². The molecule has 6 heteroatoms. The highest BCUT2D eigenvalue weighted by Gasteiger charge is 2.35. The number of nitrogens with zero attached hydrogens (tertiary/aromatic N) is 5. The third-order valence-corrected chi connectivity index (χ3v) is 12.1. The van der Waals surface area contributed by atoms with E-state index in [0.717, 1.165) is 71.6 Å². The van der Waals surface area contributed by atoms with Gasteiger partial charge in [-0.05, 0) is 76.2 Å². The molecule has 0 spiro atoms. The zero-order chi connectivity index (χ0) is 39.2. The third-order valence-electron chi connectivity index (χ3n) is 12.1. The zero-order valence-corrected chi connectivity index (χ0v) is 32.4. The summed E-state index contributed by atoms with van der Waals surface area (Å²) in [7, 11) is 0. The van der Waals surface area contributed by atoms with E-state index in [-0.39, 0.29) is 5.41 Å². The van der Waals surface area contributed by atoms with E-state index in [2.05, 4.69) is 146 Å². The van der Waals surface area contributed by atoms with E-state index in [0.29, 0.717) is 23.4 Å². The second-order valence-electron chi connectivity index (χ2n) is 15.8. The number of benzene rings is 8. The lowest BCUT2D eigenvalue weighted by atomic mass is 9.82. The molecule has 0 N–H and O–H groups in total. The molecule has 0 aliphatic heterocycles. The molecule has 0 radical (unpaired) electrons. The van der Waals surface area contributed by atoms with E-state index in [1.54, 1.807) is 0 Å². The number of hydrogen-bond donors (Lipinski definition) is 0. The fourth-order valence-corrected chi connectivity index (χ4v) is 9.27. The van der Waals surface area contributed by atoms with Crippen molar-refractivity contribution in [2.45, 2.75) is 19.3 Å². The fourth-order valence-electron chi connectivity index (χ4n) is 9.27. The summed E-state index contributed by atoms with van der Waals surface area (Å²) in [6.45, 7) is 4.60. The second kappa shape index (κ2) is 12.7. The number of hydrogen-bond acceptors (Lipinski definition) is 5. The van der Waals surface area contributed by atoms with Crippen LogP contribution in [0.15, 0.2) is 180 Å². The summed E-state index contributed by atoms with van der Waals surface area (Å²) in [6, 6.07) is 61.2. The molecule has 278 valence electrons. The van der Waals surface area contributed by atoms with E-state index in [1.807, 2.05) is 48.5 Å². The van der Waals surface area contributed by atoms with Gasteiger partial charge in [-0.1, -0.05) is 141 Å². The fraction of sp³-hybridized carbons (Fsp3) is 0.0566. The average Bonchev–Trinajstić information content (AvgIpc) is 3.95. The molecule has 1 aliphatic rings. The lowest BCUT2D eigenvalue weighted by Gasteiger charge is -2.21. The van der Waals surface area contributed by atoms with Gasteiger partial charge < -0.3 is 8.98 Å². The molecule has 3 heterocycles. The minimum absolute atomic E-state index is 0.173. The minimum Gasteiger partial charge on any atom is -0.435 e. The average molecular weight is 758 g/mol. The summed E-state index contributed by atoms with van der Waals surface area (Å²) < 4.78 is 9.17. The van der Waals surface area contributed by atoms with Crippen molar-refractivity contribution in [1.29, 1.82) is 0 Å². The molecule has 0 atom stereocenters. The predicted molar refractivity (Wildman–Crippen MR) is 239 cm³/mol. The number of rotatable bonds is 5. The lowest BCUT2D eigenvalue weighted by Crippen LogP contribution is -2.15. The highest BCUT2D eigenvalue weighted by atomic mass is 16.3. The molecule has 0 saturated carbocycles. The van der Waals surface area contributed by atoms with Gasteiger partial charge in [0.15, 0.2) is 23.1 Å². The van der Waals surface area contributed by atoms with Crippen molar-refractivity contribution >= 4 is 43.7 Å². The first-order valence-corrected chi connectivity index (χ1v) is 20.0. The number of oxazole rings is 1. The van der Waals surface area contributed by atoms with E-state index in [4.69, 9.17) is 24.4 Å². The molecule has 0 bridgehead atoms. The minimum atomic E-state index is -0.173. The summed E-state index contributed by atoms with van der Waals surface area (Å²) in [4.78, 5) is 20.9. The lowest BCUT2D eigenvalue weighted by molar-refractivity contribution is 0.623. The summed E-state index contributed by atoms with van der Waals surface area (Å²) in [5.74, 6) is 2.38. The largest absolute Gasteiger partial charge is 0.435 e. The van der Waals surface area contributed by atoms with Crippen LogP contribution < -0.4 is 0 Å². The second-order valence-corrected chi connectivity index (χ2v) is 15.8. The quantitative estimate of drug-likeness (QED) is 0.175. The van der Waals surface area contributed by atoms with Gasteiger partial charge in [0.1, 0.15) is 5.52 Å². The summed E-state index contributed by atoms with van der Waals surface area (Å²) >= 11 is 0. The molecule has 12 rings (SSSR count). The maximum absolute atomic E-state index is 6.83. The Balaban J connectivity index is 1.18. The molecule has 0 unspecified atom stereocenters. The van der Waals surface area contributed by atoms with Crippen molar-refractivity contribution < 1.29 is 4.42 Å². The van der Waals surface area contributed by atoms with Gasteiger partial charge in [0.25, 0.3) is 0 Å². The molecule has 59 heavy (non-hydrogen) atoms. The van der Waals surface area contributed by atoms with Crippen molar-refractivity contribution in [3.63, 3.8) is 0 Å².